The van der Waals surface area contributed by atoms with Gasteiger partial charge in [0.2, 0.25) is 5.91 Å². The van der Waals surface area contributed by atoms with Crippen molar-refractivity contribution in [3.8, 4) is 0 Å². The van der Waals surface area contributed by atoms with Crippen LogP contribution in [0.4, 0.5) is 16.2 Å². The molecule has 0 spiro atoms. The minimum atomic E-state index is -0.218. The molecule has 2 rings (SSSR count). The zero-order chi connectivity index (χ0) is 13.8. The maximum absolute atomic E-state index is 11.7. The number of nitrogens with one attached hydrogen (secondary N) is 2. The largest absolute Gasteiger partial charge is 0.336 e. The molecule has 1 aliphatic heterocycles. The maximum atomic E-state index is 11.7. The Morgan fingerprint density at radius 1 is 1.45 bits per heavy atom. The summed E-state index contributed by atoms with van der Waals surface area (Å²) in [6.45, 7) is 3.41. The quantitative estimate of drug-likeness (QED) is 0.780. The number of hydrogen-bond acceptors (Lipinski definition) is 3. The number of urea groups is 1. The summed E-state index contributed by atoms with van der Waals surface area (Å²) in [7, 11) is 0. The lowest BCUT2D eigenvalue weighted by Crippen LogP contribution is -2.28. The van der Waals surface area contributed by atoms with Gasteiger partial charge in [-0.25, -0.2) is 4.79 Å². The van der Waals surface area contributed by atoms with Crippen molar-refractivity contribution < 1.29 is 9.59 Å². The van der Waals surface area contributed by atoms with Gasteiger partial charge in [-0.3, -0.25) is 9.69 Å². The van der Waals surface area contributed by atoms with Crippen LogP contribution >= 0.6 is 12.4 Å². The van der Waals surface area contributed by atoms with E-state index in [1.165, 1.54) is 0 Å². The summed E-state index contributed by atoms with van der Waals surface area (Å²) in [5, 5.41) is 5.52. The first-order valence-corrected chi connectivity index (χ1v) is 6.28. The van der Waals surface area contributed by atoms with Gasteiger partial charge >= 0.3 is 6.03 Å². The number of anilines is 2. The fraction of sp³-hybridized carbons (Fsp3) is 0.385. The Morgan fingerprint density at radius 2 is 2.10 bits per heavy atom. The molecule has 0 radical (unpaired) electrons. The fourth-order valence-corrected chi connectivity index (χ4v) is 1.82. The average Bonchev–Trinajstić information content (AvgIpc) is 2.85. The van der Waals surface area contributed by atoms with Crippen LogP contribution in [0.15, 0.2) is 24.3 Å². The van der Waals surface area contributed by atoms with Crippen molar-refractivity contribution in [3.63, 3.8) is 0 Å². The molecule has 1 aromatic rings. The summed E-state index contributed by atoms with van der Waals surface area (Å²) in [4.78, 5) is 24.8. The predicted octanol–water partition coefficient (Wildman–Crippen LogP) is 1.17. The van der Waals surface area contributed by atoms with Gasteiger partial charge < -0.3 is 16.4 Å². The molecule has 0 aliphatic carbocycles. The number of benzene rings is 1. The molecule has 0 aromatic heterocycles. The smallest absolute Gasteiger partial charge is 0.321 e. The lowest BCUT2D eigenvalue weighted by Gasteiger charge is -2.15. The highest BCUT2D eigenvalue weighted by Gasteiger charge is 2.20. The monoisotopic (exact) mass is 298 g/mol. The molecule has 4 N–H and O–H groups in total. The summed E-state index contributed by atoms with van der Waals surface area (Å²) < 4.78 is 0. The molecule has 110 valence electrons. The molecule has 1 atom stereocenters. The highest BCUT2D eigenvalue weighted by Crippen LogP contribution is 2.19. The number of halogens is 1. The van der Waals surface area contributed by atoms with Crippen LogP contribution in [0.5, 0.6) is 0 Å². The maximum Gasteiger partial charge on any atom is 0.321 e. The molecule has 7 heteroatoms. The van der Waals surface area contributed by atoms with Crippen LogP contribution in [0.3, 0.4) is 0 Å². The minimum Gasteiger partial charge on any atom is -0.336 e. The predicted molar refractivity (Wildman–Crippen MR) is 81.3 cm³/mol. The van der Waals surface area contributed by atoms with Crippen molar-refractivity contribution in [1.82, 2.24) is 5.32 Å². The molecule has 1 aliphatic rings. The molecule has 6 nitrogen and oxygen atoms in total. The lowest BCUT2D eigenvalue weighted by atomic mass is 10.1. The summed E-state index contributed by atoms with van der Waals surface area (Å²) in [5.74, 6) is -0.321. The fourth-order valence-electron chi connectivity index (χ4n) is 1.82. The number of nitrogens with zero attached hydrogens (tertiary/aromatic N) is 1. The number of nitrogens with two attached hydrogens (primary N) is 1. The van der Waals surface area contributed by atoms with E-state index in [2.05, 4.69) is 10.6 Å². The Bertz CT molecular complexity index is 478. The van der Waals surface area contributed by atoms with E-state index in [1.54, 1.807) is 24.0 Å². The van der Waals surface area contributed by atoms with Crippen molar-refractivity contribution >= 4 is 35.7 Å². The first-order chi connectivity index (χ1) is 9.11. The van der Waals surface area contributed by atoms with Crippen molar-refractivity contribution in [2.75, 3.05) is 29.9 Å². The summed E-state index contributed by atoms with van der Waals surface area (Å²) >= 11 is 0. The van der Waals surface area contributed by atoms with E-state index in [1.807, 2.05) is 12.1 Å². The SMILES string of the molecule is CC(CN)C(=O)Nc1ccc(N2CCNC2=O)cc1.Cl. The Hall–Kier alpha value is -1.79. The van der Waals surface area contributed by atoms with Crippen molar-refractivity contribution in [2.24, 2.45) is 11.7 Å². The Kier molecular flexibility index (Phi) is 5.79. The molecule has 0 bridgehead atoms. The van der Waals surface area contributed by atoms with Gasteiger partial charge in [0.05, 0.1) is 0 Å². The number of carbonyl (C=O) groups is 2. The van der Waals surface area contributed by atoms with Crippen LogP contribution in [0.1, 0.15) is 6.92 Å². The standard InChI is InChI=1S/C13H18N4O2.ClH/c1-9(8-14)12(18)16-10-2-4-11(5-3-10)17-7-6-15-13(17)19;/h2-5,9H,6-8,14H2,1H3,(H,15,19)(H,16,18);1H. The minimum absolute atomic E-state index is 0. The Morgan fingerprint density at radius 3 is 2.60 bits per heavy atom. The van der Waals surface area contributed by atoms with Crippen molar-refractivity contribution in [1.29, 1.82) is 0 Å². The van der Waals surface area contributed by atoms with Crippen molar-refractivity contribution in [2.45, 2.75) is 6.92 Å². The van der Waals surface area contributed by atoms with Gasteiger partial charge in [-0.05, 0) is 24.3 Å². The zero-order valence-corrected chi connectivity index (χ0v) is 12.1. The second-order valence-corrected chi connectivity index (χ2v) is 4.56. The molecular weight excluding hydrogens is 280 g/mol. The van der Waals surface area contributed by atoms with Gasteiger partial charge in [0.25, 0.3) is 0 Å². The molecule has 3 amide bonds. The highest BCUT2D eigenvalue weighted by atomic mass is 35.5. The van der Waals surface area contributed by atoms with Crippen LogP contribution in [0, 0.1) is 5.92 Å². The summed E-state index contributed by atoms with van der Waals surface area (Å²) in [6, 6.07) is 7.10. The Balaban J connectivity index is 0.00000200. The molecule has 1 unspecified atom stereocenters. The number of hydrogen-bond donors (Lipinski definition) is 3. The second kappa shape index (κ2) is 7.12. The van der Waals surface area contributed by atoms with E-state index in [9.17, 15) is 9.59 Å². The molecule has 1 fully saturated rings. The molecule has 0 saturated carbocycles. The highest BCUT2D eigenvalue weighted by molar-refractivity contribution is 5.95. The van der Waals surface area contributed by atoms with Crippen LogP contribution in [-0.2, 0) is 4.79 Å². The van der Waals surface area contributed by atoms with Gasteiger partial charge in [-0.1, -0.05) is 6.92 Å². The van der Waals surface area contributed by atoms with E-state index in [0.717, 1.165) is 5.69 Å². The summed E-state index contributed by atoms with van der Waals surface area (Å²) in [6.07, 6.45) is 0. The molecule has 1 heterocycles. The van der Waals surface area contributed by atoms with Crippen LogP contribution in [0.2, 0.25) is 0 Å². The number of carbonyl (C=O) groups excluding carboxylic acids is 2. The molecule has 20 heavy (non-hydrogen) atoms. The van der Waals surface area contributed by atoms with Crippen molar-refractivity contribution in [3.05, 3.63) is 24.3 Å². The van der Waals surface area contributed by atoms with E-state index in [-0.39, 0.29) is 30.3 Å². The normalized spacial score (nSPS) is 15.3. The Labute approximate surface area is 124 Å². The zero-order valence-electron chi connectivity index (χ0n) is 11.3. The third-order valence-corrected chi connectivity index (χ3v) is 3.10. The number of amides is 3. The van der Waals surface area contributed by atoms with E-state index in [4.69, 9.17) is 5.73 Å². The average molecular weight is 299 g/mol. The van der Waals surface area contributed by atoms with Gasteiger partial charge in [-0.15, -0.1) is 12.4 Å². The third-order valence-electron chi connectivity index (χ3n) is 3.10. The number of rotatable bonds is 4. The first kappa shape index (κ1) is 16.3. The van der Waals surface area contributed by atoms with E-state index < -0.39 is 0 Å². The first-order valence-electron chi connectivity index (χ1n) is 6.28. The van der Waals surface area contributed by atoms with Gasteiger partial charge in [0, 0.05) is 36.9 Å². The lowest BCUT2D eigenvalue weighted by molar-refractivity contribution is -0.119. The van der Waals surface area contributed by atoms with Crippen LogP contribution in [0.25, 0.3) is 0 Å². The third kappa shape index (κ3) is 3.61. The van der Waals surface area contributed by atoms with E-state index in [0.29, 0.717) is 25.3 Å². The van der Waals surface area contributed by atoms with Crippen LogP contribution < -0.4 is 21.3 Å². The molecule has 1 saturated heterocycles. The van der Waals surface area contributed by atoms with E-state index >= 15 is 0 Å². The van der Waals surface area contributed by atoms with Gasteiger partial charge in [0.1, 0.15) is 0 Å². The summed E-state index contributed by atoms with van der Waals surface area (Å²) in [5.41, 5.74) is 6.96. The molecule has 1 aromatic carbocycles. The topological polar surface area (TPSA) is 87.5 Å². The molecular formula is C13H19ClN4O2. The van der Waals surface area contributed by atoms with Gasteiger partial charge in [-0.2, -0.15) is 0 Å². The van der Waals surface area contributed by atoms with Gasteiger partial charge in [0.15, 0.2) is 0 Å². The van der Waals surface area contributed by atoms with Crippen LogP contribution in [-0.4, -0.2) is 31.6 Å². The second-order valence-electron chi connectivity index (χ2n) is 4.56.